The first-order valence-corrected chi connectivity index (χ1v) is 6.09. The molecule has 2 aliphatic rings. The van der Waals surface area contributed by atoms with Crippen molar-refractivity contribution >= 4 is 5.97 Å². The van der Waals surface area contributed by atoms with Crippen molar-refractivity contribution in [2.45, 2.75) is 57.5 Å². The third-order valence-electron chi connectivity index (χ3n) is 4.35. The van der Waals surface area contributed by atoms with Crippen molar-refractivity contribution in [3.8, 4) is 0 Å². The summed E-state index contributed by atoms with van der Waals surface area (Å²) in [6, 6.07) is 0.306. The lowest BCUT2D eigenvalue weighted by atomic mass is 9.80. The number of carbonyl (C=O) groups is 1. The Morgan fingerprint density at radius 1 is 1.60 bits per heavy atom. The average molecular weight is 211 g/mol. The summed E-state index contributed by atoms with van der Waals surface area (Å²) in [4.78, 5) is 11.5. The van der Waals surface area contributed by atoms with Crippen LogP contribution in [0.2, 0.25) is 0 Å². The van der Waals surface area contributed by atoms with E-state index in [9.17, 15) is 9.90 Å². The van der Waals surface area contributed by atoms with Crippen molar-refractivity contribution in [1.29, 1.82) is 0 Å². The van der Waals surface area contributed by atoms with E-state index in [-0.39, 0.29) is 0 Å². The van der Waals surface area contributed by atoms with Crippen LogP contribution < -0.4 is 5.32 Å². The fourth-order valence-electron chi connectivity index (χ4n) is 3.37. The first-order valence-electron chi connectivity index (χ1n) is 6.09. The second-order valence-electron chi connectivity index (χ2n) is 5.31. The van der Waals surface area contributed by atoms with Crippen molar-refractivity contribution in [2.24, 2.45) is 11.8 Å². The Kier molecular flexibility index (Phi) is 2.75. The SMILES string of the molecule is CCC(C)NC1(C(=O)O)CC2CCC1C2. The van der Waals surface area contributed by atoms with Crippen LogP contribution in [0.15, 0.2) is 0 Å². The minimum atomic E-state index is -0.630. The fraction of sp³-hybridized carbons (Fsp3) is 0.917. The molecule has 4 atom stereocenters. The first-order chi connectivity index (χ1) is 7.08. The Bertz CT molecular complexity index is 266. The monoisotopic (exact) mass is 211 g/mol. The van der Waals surface area contributed by atoms with Crippen molar-refractivity contribution < 1.29 is 9.90 Å². The van der Waals surface area contributed by atoms with E-state index >= 15 is 0 Å². The third-order valence-corrected chi connectivity index (χ3v) is 4.35. The molecule has 0 saturated heterocycles. The van der Waals surface area contributed by atoms with Crippen LogP contribution in [0, 0.1) is 11.8 Å². The molecule has 2 rings (SSSR count). The number of hydrogen-bond acceptors (Lipinski definition) is 2. The number of nitrogens with one attached hydrogen (secondary N) is 1. The van der Waals surface area contributed by atoms with Gasteiger partial charge in [-0.25, -0.2) is 0 Å². The summed E-state index contributed by atoms with van der Waals surface area (Å²) in [5.74, 6) is 0.395. The fourth-order valence-corrected chi connectivity index (χ4v) is 3.37. The molecule has 0 heterocycles. The highest BCUT2D eigenvalue weighted by Crippen LogP contribution is 2.51. The van der Waals surface area contributed by atoms with Crippen LogP contribution in [0.5, 0.6) is 0 Å². The second kappa shape index (κ2) is 3.78. The van der Waals surface area contributed by atoms with Gasteiger partial charge in [0.1, 0.15) is 5.54 Å². The Morgan fingerprint density at radius 2 is 2.33 bits per heavy atom. The normalized spacial score (nSPS) is 40.7. The predicted octanol–water partition coefficient (Wildman–Crippen LogP) is 2.02. The number of carboxylic acid groups (broad SMARTS) is 1. The Hall–Kier alpha value is -0.570. The summed E-state index contributed by atoms with van der Waals surface area (Å²) < 4.78 is 0. The zero-order valence-electron chi connectivity index (χ0n) is 9.62. The lowest BCUT2D eigenvalue weighted by Crippen LogP contribution is -2.58. The van der Waals surface area contributed by atoms with Gasteiger partial charge < -0.3 is 5.11 Å². The van der Waals surface area contributed by atoms with Gasteiger partial charge in [0.25, 0.3) is 0 Å². The van der Waals surface area contributed by atoms with Crippen LogP contribution >= 0.6 is 0 Å². The van der Waals surface area contributed by atoms with Crippen LogP contribution in [-0.2, 0) is 4.79 Å². The van der Waals surface area contributed by atoms with E-state index in [1.165, 1.54) is 6.42 Å². The van der Waals surface area contributed by atoms with Crippen LogP contribution in [0.25, 0.3) is 0 Å². The number of fused-ring (bicyclic) bond motifs is 2. The van der Waals surface area contributed by atoms with Gasteiger partial charge in [-0.3, -0.25) is 10.1 Å². The minimum absolute atomic E-state index is 0.306. The molecule has 0 aliphatic heterocycles. The van der Waals surface area contributed by atoms with E-state index in [0.717, 1.165) is 25.7 Å². The van der Waals surface area contributed by atoms with Crippen LogP contribution in [0.4, 0.5) is 0 Å². The second-order valence-corrected chi connectivity index (χ2v) is 5.31. The highest BCUT2D eigenvalue weighted by molar-refractivity contribution is 5.80. The number of rotatable bonds is 4. The number of aliphatic carboxylic acids is 1. The van der Waals surface area contributed by atoms with Crippen molar-refractivity contribution in [1.82, 2.24) is 5.32 Å². The van der Waals surface area contributed by atoms with Crippen molar-refractivity contribution in [3.63, 3.8) is 0 Å². The molecule has 2 saturated carbocycles. The Balaban J connectivity index is 2.15. The van der Waals surface area contributed by atoms with Gasteiger partial charge in [-0.2, -0.15) is 0 Å². The van der Waals surface area contributed by atoms with Gasteiger partial charge in [0.2, 0.25) is 0 Å². The van der Waals surface area contributed by atoms with Gasteiger partial charge in [-0.15, -0.1) is 0 Å². The van der Waals surface area contributed by atoms with Gasteiger partial charge in [0.05, 0.1) is 0 Å². The molecule has 86 valence electrons. The minimum Gasteiger partial charge on any atom is -0.480 e. The van der Waals surface area contributed by atoms with E-state index < -0.39 is 11.5 Å². The van der Waals surface area contributed by atoms with E-state index in [2.05, 4.69) is 19.2 Å². The highest BCUT2D eigenvalue weighted by atomic mass is 16.4. The standard InChI is InChI=1S/C12H21NO2/c1-3-8(2)13-12(11(14)15)7-9-4-5-10(12)6-9/h8-10,13H,3-7H2,1-2H3,(H,14,15). The quantitative estimate of drug-likeness (QED) is 0.748. The van der Waals surface area contributed by atoms with Gasteiger partial charge in [-0.05, 0) is 44.4 Å². The molecule has 0 radical (unpaired) electrons. The lowest BCUT2D eigenvalue weighted by Gasteiger charge is -2.37. The summed E-state index contributed by atoms with van der Waals surface area (Å²) in [7, 11) is 0. The predicted molar refractivity (Wildman–Crippen MR) is 58.7 cm³/mol. The maximum absolute atomic E-state index is 11.5. The molecule has 15 heavy (non-hydrogen) atoms. The molecule has 3 heteroatoms. The smallest absolute Gasteiger partial charge is 0.324 e. The van der Waals surface area contributed by atoms with Gasteiger partial charge in [-0.1, -0.05) is 13.3 Å². The summed E-state index contributed by atoms with van der Waals surface area (Å²) in [5, 5.41) is 12.8. The molecule has 2 aliphatic carbocycles. The largest absolute Gasteiger partial charge is 0.480 e. The number of hydrogen-bond donors (Lipinski definition) is 2. The van der Waals surface area contributed by atoms with E-state index in [1.54, 1.807) is 0 Å². The number of carboxylic acids is 1. The van der Waals surface area contributed by atoms with Crippen molar-refractivity contribution in [3.05, 3.63) is 0 Å². The summed E-state index contributed by atoms with van der Waals surface area (Å²) in [5.41, 5.74) is -0.599. The molecule has 0 aromatic carbocycles. The third kappa shape index (κ3) is 1.67. The van der Waals surface area contributed by atoms with Crippen LogP contribution in [0.1, 0.15) is 46.0 Å². The molecule has 4 unspecified atom stereocenters. The lowest BCUT2D eigenvalue weighted by molar-refractivity contribution is -0.147. The van der Waals surface area contributed by atoms with Crippen LogP contribution in [-0.4, -0.2) is 22.7 Å². The van der Waals surface area contributed by atoms with Gasteiger partial charge in [0, 0.05) is 6.04 Å². The molecular formula is C12H21NO2. The zero-order chi connectivity index (χ0) is 11.1. The average Bonchev–Trinajstić information content (AvgIpc) is 2.77. The molecule has 2 bridgehead atoms. The topological polar surface area (TPSA) is 49.3 Å². The summed E-state index contributed by atoms with van der Waals surface area (Å²) in [6.45, 7) is 4.18. The maximum atomic E-state index is 11.5. The first kappa shape index (κ1) is 10.9. The molecule has 3 nitrogen and oxygen atoms in total. The summed E-state index contributed by atoms with van der Waals surface area (Å²) >= 11 is 0. The molecule has 0 aromatic rings. The molecule has 0 spiro atoms. The van der Waals surface area contributed by atoms with E-state index in [1.807, 2.05) is 0 Å². The van der Waals surface area contributed by atoms with Crippen LogP contribution in [0.3, 0.4) is 0 Å². The molecule has 0 aromatic heterocycles. The van der Waals surface area contributed by atoms with Gasteiger partial charge >= 0.3 is 5.97 Å². The zero-order valence-corrected chi connectivity index (χ0v) is 9.62. The molecule has 2 fully saturated rings. The van der Waals surface area contributed by atoms with E-state index in [4.69, 9.17) is 0 Å². The molecule has 2 N–H and O–H groups in total. The summed E-state index contributed by atoms with van der Waals surface area (Å²) in [6.07, 6.45) is 5.29. The van der Waals surface area contributed by atoms with Gasteiger partial charge in [0.15, 0.2) is 0 Å². The van der Waals surface area contributed by atoms with Crippen molar-refractivity contribution in [2.75, 3.05) is 0 Å². The Labute approximate surface area is 91.2 Å². The maximum Gasteiger partial charge on any atom is 0.324 e. The Morgan fingerprint density at radius 3 is 2.73 bits per heavy atom. The molecular weight excluding hydrogens is 190 g/mol. The highest BCUT2D eigenvalue weighted by Gasteiger charge is 2.56. The molecule has 0 amide bonds. The van der Waals surface area contributed by atoms with E-state index in [0.29, 0.717) is 17.9 Å².